The van der Waals surface area contributed by atoms with Crippen molar-refractivity contribution in [3.8, 4) is 11.1 Å². The predicted molar refractivity (Wildman–Crippen MR) is 57.9 cm³/mol. The molecule has 0 fully saturated rings. The molecule has 0 amide bonds. The highest BCUT2D eigenvalue weighted by molar-refractivity contribution is 5.64. The molecule has 0 aliphatic heterocycles. The monoisotopic (exact) mass is 202 g/mol. The molecule has 2 N–H and O–H groups in total. The lowest BCUT2D eigenvalue weighted by Gasteiger charge is -2.02. The van der Waals surface area contributed by atoms with Gasteiger partial charge in [0.1, 0.15) is 0 Å². The fraction of sp³-hybridized carbons (Fsp3) is 0.0909. The third kappa shape index (κ3) is 1.74. The molecular weight excluding hydrogens is 192 g/mol. The summed E-state index contributed by atoms with van der Waals surface area (Å²) >= 11 is 0. The maximum atomic E-state index is 11.5. The molecule has 15 heavy (non-hydrogen) atoms. The number of rotatable bonds is 1. The predicted octanol–water partition coefficient (Wildman–Crippen LogP) is 1.04. The zero-order chi connectivity index (χ0) is 10.8. The van der Waals surface area contributed by atoms with Crippen molar-refractivity contribution in [3.63, 3.8) is 0 Å². The number of aryl methyl sites for hydroxylation is 1. The van der Waals surface area contributed by atoms with Crippen molar-refractivity contribution < 1.29 is 0 Å². The molecule has 0 atom stereocenters. The van der Waals surface area contributed by atoms with Crippen LogP contribution in [-0.4, -0.2) is 9.97 Å². The first-order valence-corrected chi connectivity index (χ1v) is 4.56. The van der Waals surface area contributed by atoms with Gasteiger partial charge in [-0.3, -0.25) is 9.78 Å². The largest absolute Gasteiger partial charge is 0.325 e. The van der Waals surface area contributed by atoms with E-state index in [1.165, 1.54) is 6.20 Å². The normalized spacial score (nSPS) is 10.2. The summed E-state index contributed by atoms with van der Waals surface area (Å²) in [6.07, 6.45) is 1.43. The van der Waals surface area contributed by atoms with Crippen LogP contribution in [0.25, 0.3) is 11.1 Å². The van der Waals surface area contributed by atoms with Crippen molar-refractivity contribution in [2.24, 2.45) is 0 Å². The smallest absolute Gasteiger partial charge is 0.313 e. The zero-order valence-electron chi connectivity index (χ0n) is 8.20. The van der Waals surface area contributed by atoms with Gasteiger partial charge in [-0.05, 0) is 18.1 Å². The summed E-state index contributed by atoms with van der Waals surface area (Å²) in [7, 11) is 0. The van der Waals surface area contributed by atoms with Crippen LogP contribution in [0.2, 0.25) is 0 Å². The number of nitrogens with one attached hydrogen (secondary N) is 2. The first-order valence-electron chi connectivity index (χ1n) is 4.56. The van der Waals surface area contributed by atoms with Crippen molar-refractivity contribution >= 4 is 0 Å². The molecule has 0 saturated heterocycles. The molecule has 1 aromatic carbocycles. The second kappa shape index (κ2) is 3.57. The number of aromatic amines is 2. The fourth-order valence-corrected chi connectivity index (χ4v) is 1.48. The van der Waals surface area contributed by atoms with E-state index in [9.17, 15) is 9.59 Å². The van der Waals surface area contributed by atoms with Gasteiger partial charge in [0, 0.05) is 6.20 Å². The van der Waals surface area contributed by atoms with Gasteiger partial charge < -0.3 is 4.98 Å². The highest BCUT2D eigenvalue weighted by Crippen LogP contribution is 2.17. The Labute approximate surface area is 85.6 Å². The summed E-state index contributed by atoms with van der Waals surface area (Å²) in [6, 6.07) is 7.52. The Morgan fingerprint density at radius 3 is 2.47 bits per heavy atom. The molecule has 0 radical (unpaired) electrons. The molecule has 4 nitrogen and oxygen atoms in total. The second-order valence-electron chi connectivity index (χ2n) is 3.30. The molecule has 4 heteroatoms. The van der Waals surface area contributed by atoms with Crippen LogP contribution in [0.4, 0.5) is 0 Å². The molecule has 0 unspecified atom stereocenters. The Morgan fingerprint density at radius 1 is 1.07 bits per heavy atom. The van der Waals surface area contributed by atoms with Crippen LogP contribution < -0.4 is 11.2 Å². The lowest BCUT2D eigenvalue weighted by molar-refractivity contribution is 1.04. The van der Waals surface area contributed by atoms with Gasteiger partial charge in [0.05, 0.1) is 5.56 Å². The van der Waals surface area contributed by atoms with E-state index in [0.717, 1.165) is 11.1 Å². The lowest BCUT2D eigenvalue weighted by atomic mass is 10.0. The molecule has 2 aromatic rings. The van der Waals surface area contributed by atoms with Crippen LogP contribution in [0, 0.1) is 6.92 Å². The van der Waals surface area contributed by atoms with E-state index in [2.05, 4.69) is 9.97 Å². The van der Waals surface area contributed by atoms with Crippen LogP contribution in [0.1, 0.15) is 5.56 Å². The summed E-state index contributed by atoms with van der Waals surface area (Å²) in [5.74, 6) is 0. The van der Waals surface area contributed by atoms with E-state index in [4.69, 9.17) is 0 Å². The van der Waals surface area contributed by atoms with E-state index in [1.807, 2.05) is 31.2 Å². The number of aromatic nitrogens is 2. The molecule has 0 bridgehead atoms. The summed E-state index contributed by atoms with van der Waals surface area (Å²) in [5.41, 5.74) is 1.45. The van der Waals surface area contributed by atoms with E-state index < -0.39 is 5.69 Å². The van der Waals surface area contributed by atoms with Crippen molar-refractivity contribution in [1.29, 1.82) is 0 Å². The second-order valence-corrected chi connectivity index (χ2v) is 3.30. The Kier molecular flexibility index (Phi) is 2.25. The van der Waals surface area contributed by atoms with Crippen molar-refractivity contribution in [1.82, 2.24) is 9.97 Å². The van der Waals surface area contributed by atoms with Crippen LogP contribution in [0.3, 0.4) is 0 Å². The average molecular weight is 202 g/mol. The minimum absolute atomic E-state index is 0.368. The van der Waals surface area contributed by atoms with Crippen LogP contribution in [0.5, 0.6) is 0 Å². The van der Waals surface area contributed by atoms with E-state index >= 15 is 0 Å². The Hall–Kier alpha value is -2.10. The Balaban J connectivity index is 2.70. The molecule has 0 aliphatic rings. The van der Waals surface area contributed by atoms with Crippen LogP contribution in [0.15, 0.2) is 40.1 Å². The first-order chi connectivity index (χ1) is 7.18. The molecule has 1 aromatic heterocycles. The number of hydrogen-bond acceptors (Lipinski definition) is 2. The number of benzene rings is 1. The van der Waals surface area contributed by atoms with Gasteiger partial charge in [0.2, 0.25) is 0 Å². The Morgan fingerprint density at radius 2 is 1.80 bits per heavy atom. The maximum Gasteiger partial charge on any atom is 0.325 e. The standard InChI is InChI=1S/C11H10N2O2/c1-7-4-2-3-5-8(7)9-6-12-11(15)13-10(9)14/h2-6H,1H3,(H2,12,13,14,15). The molecular formula is C11H10N2O2. The number of hydrogen-bond donors (Lipinski definition) is 2. The van der Waals surface area contributed by atoms with Crippen molar-refractivity contribution in [2.45, 2.75) is 6.92 Å². The summed E-state index contributed by atoms with van der Waals surface area (Å²) in [4.78, 5) is 27.0. The van der Waals surface area contributed by atoms with E-state index in [1.54, 1.807) is 0 Å². The molecule has 0 spiro atoms. The highest BCUT2D eigenvalue weighted by atomic mass is 16.2. The highest BCUT2D eigenvalue weighted by Gasteiger charge is 2.05. The molecule has 0 saturated carbocycles. The molecule has 76 valence electrons. The number of H-pyrrole nitrogens is 2. The van der Waals surface area contributed by atoms with Gasteiger partial charge in [0.25, 0.3) is 5.56 Å². The van der Waals surface area contributed by atoms with Crippen LogP contribution in [-0.2, 0) is 0 Å². The van der Waals surface area contributed by atoms with Crippen molar-refractivity contribution in [3.05, 3.63) is 56.9 Å². The van der Waals surface area contributed by atoms with Gasteiger partial charge in [-0.25, -0.2) is 4.79 Å². The zero-order valence-corrected chi connectivity index (χ0v) is 8.20. The lowest BCUT2D eigenvalue weighted by Crippen LogP contribution is -2.22. The van der Waals surface area contributed by atoms with Crippen molar-refractivity contribution in [2.75, 3.05) is 0 Å². The minimum Gasteiger partial charge on any atom is -0.313 e. The fourth-order valence-electron chi connectivity index (χ4n) is 1.48. The summed E-state index contributed by atoms with van der Waals surface area (Å²) in [5, 5.41) is 0. The van der Waals surface area contributed by atoms with Gasteiger partial charge in [-0.2, -0.15) is 0 Å². The molecule has 1 heterocycles. The topological polar surface area (TPSA) is 65.7 Å². The quantitative estimate of drug-likeness (QED) is 0.725. The summed E-state index contributed by atoms with van der Waals surface area (Å²) in [6.45, 7) is 1.92. The summed E-state index contributed by atoms with van der Waals surface area (Å²) < 4.78 is 0. The Bertz CT molecular complexity index is 596. The SMILES string of the molecule is Cc1ccccc1-c1c[nH]c(=O)[nH]c1=O. The average Bonchev–Trinajstić information content (AvgIpc) is 2.20. The third-order valence-corrected chi connectivity index (χ3v) is 2.25. The van der Waals surface area contributed by atoms with Gasteiger partial charge in [-0.1, -0.05) is 24.3 Å². The van der Waals surface area contributed by atoms with Gasteiger partial charge >= 0.3 is 5.69 Å². The minimum atomic E-state index is -0.489. The van der Waals surface area contributed by atoms with E-state index in [-0.39, 0.29) is 5.56 Å². The molecule has 0 aliphatic carbocycles. The third-order valence-electron chi connectivity index (χ3n) is 2.25. The van der Waals surface area contributed by atoms with Gasteiger partial charge in [0.15, 0.2) is 0 Å². The maximum absolute atomic E-state index is 11.5. The van der Waals surface area contributed by atoms with Crippen LogP contribution >= 0.6 is 0 Å². The van der Waals surface area contributed by atoms with E-state index in [0.29, 0.717) is 5.56 Å². The van der Waals surface area contributed by atoms with Gasteiger partial charge in [-0.15, -0.1) is 0 Å². The molecule has 2 rings (SSSR count). The first kappa shape index (κ1) is 9.45.